The largest absolute Gasteiger partial charge is 0.454 e. The van der Waals surface area contributed by atoms with E-state index in [4.69, 9.17) is 9.47 Å². The molecule has 0 spiro atoms. The van der Waals surface area contributed by atoms with Gasteiger partial charge in [0.1, 0.15) is 5.82 Å². The predicted molar refractivity (Wildman–Crippen MR) is 72.1 cm³/mol. The van der Waals surface area contributed by atoms with Crippen LogP contribution in [-0.4, -0.2) is 22.8 Å². The SMILES string of the molecule is CC(C)NCc1ncc(-c2ccc3c(c2)OCO3)[nH]1. The van der Waals surface area contributed by atoms with Crippen molar-refractivity contribution in [3.63, 3.8) is 0 Å². The Bertz CT molecular complexity index is 578. The summed E-state index contributed by atoms with van der Waals surface area (Å²) in [7, 11) is 0. The molecule has 0 bridgehead atoms. The van der Waals surface area contributed by atoms with E-state index in [-0.39, 0.29) is 0 Å². The average Bonchev–Trinajstić information content (AvgIpc) is 3.04. The molecule has 0 radical (unpaired) electrons. The summed E-state index contributed by atoms with van der Waals surface area (Å²) in [4.78, 5) is 7.67. The van der Waals surface area contributed by atoms with Crippen molar-refractivity contribution in [1.29, 1.82) is 0 Å². The topological polar surface area (TPSA) is 59.2 Å². The lowest BCUT2D eigenvalue weighted by Crippen LogP contribution is -2.22. The molecule has 5 heteroatoms. The fraction of sp³-hybridized carbons (Fsp3) is 0.357. The Kier molecular flexibility index (Phi) is 3.13. The highest BCUT2D eigenvalue weighted by molar-refractivity contribution is 5.64. The highest BCUT2D eigenvalue weighted by Crippen LogP contribution is 2.35. The van der Waals surface area contributed by atoms with E-state index in [1.165, 1.54) is 0 Å². The van der Waals surface area contributed by atoms with Crippen LogP contribution in [0.5, 0.6) is 11.5 Å². The third-order valence-electron chi connectivity index (χ3n) is 2.99. The van der Waals surface area contributed by atoms with Crippen LogP contribution in [-0.2, 0) is 6.54 Å². The molecule has 0 atom stereocenters. The number of rotatable bonds is 4. The van der Waals surface area contributed by atoms with Crippen molar-refractivity contribution in [1.82, 2.24) is 15.3 Å². The molecule has 19 heavy (non-hydrogen) atoms. The molecule has 2 aromatic rings. The van der Waals surface area contributed by atoms with Gasteiger partial charge in [-0.1, -0.05) is 13.8 Å². The Balaban J connectivity index is 1.79. The van der Waals surface area contributed by atoms with Crippen molar-refractivity contribution < 1.29 is 9.47 Å². The van der Waals surface area contributed by atoms with Gasteiger partial charge in [0.2, 0.25) is 6.79 Å². The van der Waals surface area contributed by atoms with Gasteiger partial charge in [-0.25, -0.2) is 4.98 Å². The van der Waals surface area contributed by atoms with Gasteiger partial charge >= 0.3 is 0 Å². The van der Waals surface area contributed by atoms with Crippen molar-refractivity contribution in [2.45, 2.75) is 26.4 Å². The fourth-order valence-electron chi connectivity index (χ4n) is 1.96. The average molecular weight is 259 g/mol. The maximum atomic E-state index is 5.38. The van der Waals surface area contributed by atoms with Gasteiger partial charge in [-0.05, 0) is 18.2 Å². The summed E-state index contributed by atoms with van der Waals surface area (Å²) in [5.74, 6) is 2.51. The van der Waals surface area contributed by atoms with E-state index < -0.39 is 0 Å². The van der Waals surface area contributed by atoms with Crippen LogP contribution in [0.25, 0.3) is 11.3 Å². The maximum Gasteiger partial charge on any atom is 0.231 e. The lowest BCUT2D eigenvalue weighted by atomic mass is 10.1. The first-order valence-electron chi connectivity index (χ1n) is 6.39. The highest BCUT2D eigenvalue weighted by atomic mass is 16.7. The minimum absolute atomic E-state index is 0.297. The second-order valence-electron chi connectivity index (χ2n) is 4.85. The molecule has 0 saturated heterocycles. The normalized spacial score (nSPS) is 13.2. The molecule has 1 aliphatic heterocycles. The first kappa shape index (κ1) is 12.0. The Morgan fingerprint density at radius 2 is 2.16 bits per heavy atom. The fourth-order valence-corrected chi connectivity index (χ4v) is 1.96. The second kappa shape index (κ2) is 4.93. The molecule has 100 valence electrons. The van der Waals surface area contributed by atoms with Gasteiger partial charge in [0, 0.05) is 11.6 Å². The van der Waals surface area contributed by atoms with E-state index in [9.17, 15) is 0 Å². The number of ether oxygens (including phenoxy) is 2. The Labute approximate surface area is 112 Å². The maximum absolute atomic E-state index is 5.38. The van der Waals surface area contributed by atoms with Gasteiger partial charge in [-0.15, -0.1) is 0 Å². The third-order valence-corrected chi connectivity index (χ3v) is 2.99. The number of fused-ring (bicyclic) bond motifs is 1. The van der Waals surface area contributed by atoms with Crippen molar-refractivity contribution >= 4 is 0 Å². The Morgan fingerprint density at radius 3 is 3.00 bits per heavy atom. The molecular formula is C14H17N3O2. The van der Waals surface area contributed by atoms with Crippen LogP contribution < -0.4 is 14.8 Å². The van der Waals surface area contributed by atoms with E-state index in [1.54, 1.807) is 0 Å². The van der Waals surface area contributed by atoms with E-state index in [0.29, 0.717) is 12.8 Å². The van der Waals surface area contributed by atoms with Gasteiger partial charge in [-0.2, -0.15) is 0 Å². The number of imidazole rings is 1. The number of aromatic amines is 1. The first-order valence-corrected chi connectivity index (χ1v) is 6.39. The van der Waals surface area contributed by atoms with Crippen molar-refractivity contribution in [3.05, 3.63) is 30.2 Å². The van der Waals surface area contributed by atoms with E-state index >= 15 is 0 Å². The van der Waals surface area contributed by atoms with E-state index in [0.717, 1.165) is 35.1 Å². The minimum atomic E-state index is 0.297. The van der Waals surface area contributed by atoms with Crippen LogP contribution in [0.4, 0.5) is 0 Å². The van der Waals surface area contributed by atoms with Crippen LogP contribution in [0.15, 0.2) is 24.4 Å². The number of aromatic nitrogens is 2. The lowest BCUT2D eigenvalue weighted by molar-refractivity contribution is 0.174. The lowest BCUT2D eigenvalue weighted by Gasteiger charge is -2.05. The molecular weight excluding hydrogens is 242 g/mol. The summed E-state index contributed by atoms with van der Waals surface area (Å²) in [6.07, 6.45) is 1.84. The van der Waals surface area contributed by atoms with Gasteiger partial charge in [0.15, 0.2) is 11.5 Å². The van der Waals surface area contributed by atoms with Crippen LogP contribution in [0.1, 0.15) is 19.7 Å². The predicted octanol–water partition coefficient (Wildman–Crippen LogP) is 2.30. The van der Waals surface area contributed by atoms with Gasteiger partial charge in [0.05, 0.1) is 18.4 Å². The van der Waals surface area contributed by atoms with Crippen LogP contribution in [0.3, 0.4) is 0 Å². The monoisotopic (exact) mass is 259 g/mol. The van der Waals surface area contributed by atoms with Crippen LogP contribution >= 0.6 is 0 Å². The molecule has 2 heterocycles. The quantitative estimate of drug-likeness (QED) is 0.884. The minimum Gasteiger partial charge on any atom is -0.454 e. The third kappa shape index (κ3) is 2.56. The number of nitrogens with zero attached hydrogens (tertiary/aromatic N) is 1. The molecule has 0 aliphatic carbocycles. The number of H-pyrrole nitrogens is 1. The first-order chi connectivity index (χ1) is 9.22. The van der Waals surface area contributed by atoms with Gasteiger partial charge in [0.25, 0.3) is 0 Å². The molecule has 1 aromatic heterocycles. The molecule has 0 fully saturated rings. The summed E-state index contributed by atoms with van der Waals surface area (Å²) < 4.78 is 10.7. The van der Waals surface area contributed by atoms with Gasteiger partial charge < -0.3 is 19.8 Å². The van der Waals surface area contributed by atoms with Crippen molar-refractivity contribution in [2.24, 2.45) is 0 Å². The summed E-state index contributed by atoms with van der Waals surface area (Å²) in [5, 5.41) is 3.33. The number of nitrogens with one attached hydrogen (secondary N) is 2. The molecule has 5 nitrogen and oxygen atoms in total. The molecule has 0 unspecified atom stereocenters. The second-order valence-corrected chi connectivity index (χ2v) is 4.85. The highest BCUT2D eigenvalue weighted by Gasteiger charge is 2.14. The standard InChI is InChI=1S/C14H17N3O2/c1-9(2)15-7-14-16-6-11(17-14)10-3-4-12-13(5-10)19-8-18-12/h3-6,9,15H,7-8H2,1-2H3,(H,16,17). The zero-order chi connectivity index (χ0) is 13.2. The summed E-state index contributed by atoms with van der Waals surface area (Å²) in [5.41, 5.74) is 2.03. The van der Waals surface area contributed by atoms with Crippen LogP contribution in [0, 0.1) is 0 Å². The Hall–Kier alpha value is -2.01. The van der Waals surface area contributed by atoms with Crippen LogP contribution in [0.2, 0.25) is 0 Å². The zero-order valence-electron chi connectivity index (χ0n) is 11.1. The molecule has 0 saturated carbocycles. The van der Waals surface area contributed by atoms with Crippen molar-refractivity contribution in [3.8, 4) is 22.8 Å². The number of hydrogen-bond acceptors (Lipinski definition) is 4. The number of benzene rings is 1. The Morgan fingerprint density at radius 1 is 1.32 bits per heavy atom. The van der Waals surface area contributed by atoms with E-state index in [2.05, 4.69) is 29.1 Å². The molecule has 0 amide bonds. The smallest absolute Gasteiger partial charge is 0.231 e. The zero-order valence-corrected chi connectivity index (χ0v) is 11.1. The molecule has 1 aliphatic rings. The summed E-state index contributed by atoms with van der Waals surface area (Å²) in [6, 6.07) is 6.33. The summed E-state index contributed by atoms with van der Waals surface area (Å²) in [6.45, 7) is 5.26. The molecule has 1 aromatic carbocycles. The van der Waals surface area contributed by atoms with E-state index in [1.807, 2.05) is 24.4 Å². The van der Waals surface area contributed by atoms with Gasteiger partial charge in [-0.3, -0.25) is 0 Å². The van der Waals surface area contributed by atoms with Crippen molar-refractivity contribution in [2.75, 3.05) is 6.79 Å². The molecule has 3 rings (SSSR count). The summed E-state index contributed by atoms with van der Waals surface area (Å²) >= 11 is 0. The molecule has 2 N–H and O–H groups in total. The number of hydrogen-bond donors (Lipinski definition) is 2.